The molecule has 2 heterocycles. The first-order valence-corrected chi connectivity index (χ1v) is 37.1. The number of carbonyl (C=O) groups is 10. The number of nitrogens with zero attached hydrogens (tertiary/aromatic N) is 4. The van der Waals surface area contributed by atoms with Crippen molar-refractivity contribution in [2.24, 2.45) is 0 Å². The van der Waals surface area contributed by atoms with Gasteiger partial charge in [-0.1, -0.05) is 30.3 Å². The summed E-state index contributed by atoms with van der Waals surface area (Å²) in [6, 6.07) is 11.2. The van der Waals surface area contributed by atoms with Gasteiger partial charge in [0.05, 0.1) is 44.2 Å². The van der Waals surface area contributed by atoms with Crippen LogP contribution in [0, 0.1) is 13.8 Å². The van der Waals surface area contributed by atoms with Gasteiger partial charge in [0.15, 0.2) is 5.11 Å². The Hall–Kier alpha value is -9.59. The van der Waals surface area contributed by atoms with E-state index in [2.05, 4.69) is 42.7 Å². The number of aliphatic carboxylic acids is 6. The molecule has 41 heteroatoms. The second-order valence-electron chi connectivity index (χ2n) is 24.3. The van der Waals surface area contributed by atoms with E-state index in [0.717, 1.165) is 46.3 Å². The molecule has 0 saturated carbocycles. The van der Waals surface area contributed by atoms with E-state index in [1.54, 1.807) is 24.3 Å². The van der Waals surface area contributed by atoms with E-state index < -0.39 is 182 Å². The van der Waals surface area contributed by atoms with Crippen LogP contribution < -0.4 is 46.7 Å². The molecule has 104 heavy (non-hydrogen) atoms. The lowest BCUT2D eigenvalue weighted by atomic mass is 10.0. The van der Waals surface area contributed by atoms with Gasteiger partial charge in [0, 0.05) is 74.7 Å². The second kappa shape index (κ2) is 39.9. The van der Waals surface area contributed by atoms with E-state index in [9.17, 15) is 113 Å². The van der Waals surface area contributed by atoms with Crippen molar-refractivity contribution in [1.29, 1.82) is 0 Å². The third-order valence-corrected chi connectivity index (χ3v) is 19.2. The zero-order valence-corrected chi connectivity index (χ0v) is 59.9. The highest BCUT2D eigenvalue weighted by molar-refractivity contribution is 7.89. The smallest absolute Gasteiger partial charge is 0.323 e. The number of carboxylic acid groups (broad SMARTS) is 6. The molecular formula is C63H84N12O25S4. The van der Waals surface area contributed by atoms with Gasteiger partial charge in [-0.2, -0.15) is 21.6 Å². The van der Waals surface area contributed by atoms with Gasteiger partial charge in [0.2, 0.25) is 27.7 Å². The van der Waals surface area contributed by atoms with E-state index in [1.807, 2.05) is 11.4 Å². The van der Waals surface area contributed by atoms with Crippen LogP contribution in [0.15, 0.2) is 77.7 Å². The molecule has 4 unspecified atom stereocenters. The summed E-state index contributed by atoms with van der Waals surface area (Å²) in [7, 11) is -14.7. The number of rotatable bonds is 45. The molecule has 1 aromatic heterocycles. The lowest BCUT2D eigenvalue weighted by Gasteiger charge is -2.36. The Morgan fingerprint density at radius 3 is 1.77 bits per heavy atom. The summed E-state index contributed by atoms with van der Waals surface area (Å²) >= 11 is 5.28. The standard InChI is InChI=1S/C63H84N12O25S4/c1-37-24-47(25-38(2)57(37)104(98,99)72-48(62(90)91)27-67-59(87)43-13-8-40(9-14-43)10-16-44-19-15-42-6-4-20-65-58(42)68-44)100-23-5-7-51(76)64-21-22-66-60(88)49(35-102(92,93)94)70-61(89)50(36-103(95,96)97)71-63(101)69-45-17-11-41(12-18-45)26-46(75(33-55(83)84)34-56(85)86)29-73(30-52(77)78)28-39(3)74(31-53(79)80)32-54(81)82/h8-9,11-15,17-19,24-25,39,46,48-50,72H,4-7,10,16,20-23,26-36H2,1-3H3,(H,64,76)(H,65,68)(H,66,88)(H,67,87)(H,70,89)(H,77,78)(H,79,80)(H,81,82)(H,83,84)(H,85,86)(H,90,91)(H2,69,71,101)(H,92,93,94)(H,95,96,97)/t39?,46?,48?,49?,50-/m0/s1. The Morgan fingerprint density at radius 1 is 0.644 bits per heavy atom. The van der Waals surface area contributed by atoms with E-state index in [1.165, 1.54) is 67.6 Å². The van der Waals surface area contributed by atoms with Crippen LogP contribution >= 0.6 is 12.2 Å². The maximum Gasteiger partial charge on any atom is 0.323 e. The number of fused-ring (bicyclic) bond motifs is 1. The molecule has 0 saturated heterocycles. The molecule has 16 N–H and O–H groups in total. The predicted octanol–water partition coefficient (Wildman–Crippen LogP) is -1.36. The van der Waals surface area contributed by atoms with Crippen molar-refractivity contribution in [1.82, 2.24) is 51.0 Å². The molecule has 5 atom stereocenters. The molecule has 0 spiro atoms. The minimum absolute atomic E-state index is 0.0695. The molecule has 0 fully saturated rings. The highest BCUT2D eigenvalue weighted by Crippen LogP contribution is 2.27. The molecule has 37 nitrogen and oxygen atoms in total. The van der Waals surface area contributed by atoms with Crippen LogP contribution in [0.4, 0.5) is 11.5 Å². The molecule has 0 bridgehead atoms. The van der Waals surface area contributed by atoms with Crippen molar-refractivity contribution in [3.63, 3.8) is 0 Å². The van der Waals surface area contributed by atoms with Crippen LogP contribution in [0.25, 0.3) is 0 Å². The van der Waals surface area contributed by atoms with Gasteiger partial charge >= 0.3 is 35.8 Å². The number of benzene rings is 3. The maximum atomic E-state index is 13.7. The van der Waals surface area contributed by atoms with E-state index in [4.69, 9.17) is 21.9 Å². The van der Waals surface area contributed by atoms with Crippen molar-refractivity contribution in [3.8, 4) is 5.75 Å². The number of anilines is 2. The van der Waals surface area contributed by atoms with Gasteiger partial charge < -0.3 is 72.6 Å². The number of sulfonamides is 1. The molecule has 1 aliphatic rings. The first kappa shape index (κ1) is 85.1. The average Bonchev–Trinajstić information content (AvgIpc) is 0.788. The summed E-state index contributed by atoms with van der Waals surface area (Å²) in [6.45, 7) is -0.649. The Kier molecular flexibility index (Phi) is 32.6. The quantitative estimate of drug-likeness (QED) is 0.0138. The van der Waals surface area contributed by atoms with Crippen molar-refractivity contribution in [3.05, 3.63) is 112 Å². The topological polar surface area (TPSA) is 563 Å². The van der Waals surface area contributed by atoms with Crippen molar-refractivity contribution < 1.29 is 118 Å². The summed E-state index contributed by atoms with van der Waals surface area (Å²) in [5.74, 6) is -14.3. The van der Waals surface area contributed by atoms with Gasteiger partial charge in [0.25, 0.3) is 26.1 Å². The van der Waals surface area contributed by atoms with Gasteiger partial charge in [-0.25, -0.2) is 13.4 Å². The first-order chi connectivity index (χ1) is 48.7. The third-order valence-electron chi connectivity index (χ3n) is 15.7. The van der Waals surface area contributed by atoms with Crippen LogP contribution in [-0.4, -0.2) is 270 Å². The summed E-state index contributed by atoms with van der Waals surface area (Å²) in [6.07, 6.45) is 3.13. The average molecular weight is 1540 g/mol. The Labute approximate surface area is 603 Å². The van der Waals surface area contributed by atoms with Gasteiger partial charge in [-0.3, -0.25) is 71.8 Å². The van der Waals surface area contributed by atoms with E-state index >= 15 is 0 Å². The maximum absolute atomic E-state index is 13.7. The number of nitrogens with one attached hydrogen (secondary N) is 8. The number of pyridine rings is 1. The fourth-order valence-electron chi connectivity index (χ4n) is 11.0. The first-order valence-electron chi connectivity index (χ1n) is 32.0. The molecule has 4 amide bonds. The number of aryl methyl sites for hydroxylation is 5. The molecule has 570 valence electrons. The summed E-state index contributed by atoms with van der Waals surface area (Å²) < 4.78 is 103. The normalized spacial score (nSPS) is 13.7. The lowest BCUT2D eigenvalue weighted by Crippen LogP contribution is -2.58. The molecule has 0 radical (unpaired) electrons. The summed E-state index contributed by atoms with van der Waals surface area (Å²) in [5.41, 5.74) is 4.10. The number of amides is 4. The number of ether oxygens (including phenoxy) is 1. The monoisotopic (exact) mass is 1540 g/mol. The van der Waals surface area contributed by atoms with Crippen molar-refractivity contribution in [2.75, 3.05) is 101 Å². The molecule has 1 aliphatic heterocycles. The minimum atomic E-state index is -5.07. The van der Waals surface area contributed by atoms with Crippen LogP contribution in [0.1, 0.15) is 70.1 Å². The second-order valence-corrected chi connectivity index (χ2v) is 29.4. The fraction of sp³-hybridized carbons (Fsp3) is 0.460. The minimum Gasteiger partial charge on any atom is -0.494 e. The van der Waals surface area contributed by atoms with Gasteiger partial charge in [-0.05, 0) is 142 Å². The van der Waals surface area contributed by atoms with Gasteiger partial charge in [-0.15, -0.1) is 0 Å². The number of thiocarbonyl (C=S) groups is 1. The molecule has 3 aromatic carbocycles. The van der Waals surface area contributed by atoms with Crippen LogP contribution in [0.5, 0.6) is 5.75 Å². The molecule has 4 aromatic rings. The van der Waals surface area contributed by atoms with Crippen LogP contribution in [0.2, 0.25) is 0 Å². The lowest BCUT2D eigenvalue weighted by molar-refractivity contribution is -0.144. The van der Waals surface area contributed by atoms with Crippen LogP contribution in [-0.2, 0) is 99.1 Å². The van der Waals surface area contributed by atoms with E-state index in [0.29, 0.717) is 18.4 Å². The number of hydrogen-bond acceptors (Lipinski definition) is 23. The largest absolute Gasteiger partial charge is 0.494 e. The van der Waals surface area contributed by atoms with E-state index in [-0.39, 0.29) is 78.5 Å². The van der Waals surface area contributed by atoms with Crippen molar-refractivity contribution >= 4 is 119 Å². The summed E-state index contributed by atoms with van der Waals surface area (Å²) in [4.78, 5) is 132. The van der Waals surface area contributed by atoms with Crippen LogP contribution in [0.3, 0.4) is 0 Å². The van der Waals surface area contributed by atoms with Gasteiger partial charge in [0.1, 0.15) is 41.2 Å². The fourth-order valence-corrected chi connectivity index (χ4v) is 14.2. The number of aromatic nitrogens is 1. The Bertz CT molecular complexity index is 4060. The molecule has 5 rings (SSSR count). The highest BCUT2D eigenvalue weighted by atomic mass is 32.2. The zero-order valence-electron chi connectivity index (χ0n) is 56.6. The highest BCUT2D eigenvalue weighted by Gasteiger charge is 2.34. The SMILES string of the molecule is Cc1cc(OCCCC(=O)NCCNC(=O)C(CS(=O)(=O)O)NC(=O)[C@H](CS(=O)(=O)O)NC(=S)Nc2ccc(CC(CN(CC(=O)O)CC(C)N(CC(=O)O)CC(=O)O)N(CC(=O)O)CC(=O)O)cc2)cc(C)c1S(=O)(=O)NC(CNC(=O)c1ccc(CCc2ccc3c(n2)NCCC3)cc1)C(=O)O. The number of carbonyl (C=O) groups excluding carboxylic acids is 4. The number of carboxylic acids is 6. The Morgan fingerprint density at radius 2 is 1.20 bits per heavy atom. The summed E-state index contributed by atoms with van der Waals surface area (Å²) in [5, 5.41) is 74.9. The number of hydrogen-bond donors (Lipinski definition) is 16. The molecule has 0 aliphatic carbocycles. The predicted molar refractivity (Wildman–Crippen MR) is 375 cm³/mol. The third kappa shape index (κ3) is 30.4. The van der Waals surface area contributed by atoms with Crippen molar-refractivity contribution in [2.45, 2.75) is 101 Å². The Balaban J connectivity index is 1.10. The molecular weight excluding hydrogens is 1450 g/mol. The zero-order chi connectivity index (χ0) is 77.2.